The zero-order chi connectivity index (χ0) is 17.0. The lowest BCUT2D eigenvalue weighted by atomic mass is 10.1. The minimum Gasteiger partial charge on any atom is -0.472 e. The molecule has 2 aromatic heterocycles. The van der Waals surface area contributed by atoms with Gasteiger partial charge in [-0.05, 0) is 25.3 Å². The Kier molecular flexibility index (Phi) is 5.32. The lowest BCUT2D eigenvalue weighted by Crippen LogP contribution is -2.38. The minimum atomic E-state index is -3.70. The molecular formula is C15H18N2O5S2. The van der Waals surface area contributed by atoms with Crippen molar-refractivity contribution in [2.45, 2.75) is 31.8 Å². The van der Waals surface area contributed by atoms with Gasteiger partial charge in [-0.2, -0.15) is 0 Å². The van der Waals surface area contributed by atoms with E-state index in [9.17, 15) is 13.2 Å². The Labute approximate surface area is 144 Å². The topological polar surface area (TPSA) is 98.5 Å². The van der Waals surface area contributed by atoms with Crippen molar-refractivity contribution < 1.29 is 22.4 Å². The first-order valence-electron chi connectivity index (χ1n) is 7.64. The summed E-state index contributed by atoms with van der Waals surface area (Å²) in [6, 6.07) is 1.78. The molecule has 3 heterocycles. The summed E-state index contributed by atoms with van der Waals surface area (Å²) in [6.45, 7) is 0.573. The Morgan fingerprint density at radius 1 is 1.42 bits per heavy atom. The van der Waals surface area contributed by atoms with E-state index in [0.717, 1.165) is 23.4 Å². The van der Waals surface area contributed by atoms with E-state index in [4.69, 9.17) is 9.15 Å². The van der Waals surface area contributed by atoms with E-state index in [2.05, 4.69) is 9.71 Å². The molecule has 1 atom stereocenters. The van der Waals surface area contributed by atoms with Gasteiger partial charge in [-0.1, -0.05) is 0 Å². The Bertz CT molecular complexity index is 777. The van der Waals surface area contributed by atoms with Gasteiger partial charge >= 0.3 is 0 Å². The van der Waals surface area contributed by atoms with E-state index in [1.807, 2.05) is 0 Å². The molecule has 1 aliphatic heterocycles. The first kappa shape index (κ1) is 17.1. The predicted octanol–water partition coefficient (Wildman–Crippen LogP) is 1.96. The number of thiazole rings is 1. The highest BCUT2D eigenvalue weighted by Crippen LogP contribution is 2.24. The van der Waals surface area contributed by atoms with Gasteiger partial charge in [-0.3, -0.25) is 9.52 Å². The summed E-state index contributed by atoms with van der Waals surface area (Å²) in [7, 11) is -3.70. The van der Waals surface area contributed by atoms with Gasteiger partial charge in [0.2, 0.25) is 15.9 Å². The van der Waals surface area contributed by atoms with Crippen LogP contribution in [0.3, 0.4) is 0 Å². The number of carbonyl (C=O) groups is 1. The van der Waals surface area contributed by atoms with E-state index in [1.54, 1.807) is 24.0 Å². The summed E-state index contributed by atoms with van der Waals surface area (Å²) in [4.78, 5) is 16.3. The number of nitrogens with one attached hydrogen (secondary N) is 1. The maximum Gasteiger partial charge on any atom is 0.239 e. The quantitative estimate of drug-likeness (QED) is 0.835. The van der Waals surface area contributed by atoms with Crippen LogP contribution in [0.4, 0.5) is 0 Å². The summed E-state index contributed by atoms with van der Waals surface area (Å²) in [5.41, 5.74) is 1.35. The summed E-state index contributed by atoms with van der Waals surface area (Å²) < 4.78 is 36.6. The standard InChI is InChI=1S/C15H18N2O5S2/c18-14(17-24(19,20)10-13-3-1-2-5-22-13)7-12-9-23-15(16-12)11-4-6-21-8-11/h4,6,8-9,13H,1-3,5,7,10H2,(H,17,18). The Balaban J connectivity index is 1.55. The third-order valence-electron chi connectivity index (χ3n) is 3.61. The summed E-state index contributed by atoms with van der Waals surface area (Å²) >= 11 is 1.38. The van der Waals surface area contributed by atoms with E-state index in [0.29, 0.717) is 18.7 Å². The number of hydrogen-bond acceptors (Lipinski definition) is 7. The van der Waals surface area contributed by atoms with E-state index >= 15 is 0 Å². The number of ether oxygens (including phenoxy) is 1. The number of amides is 1. The Morgan fingerprint density at radius 2 is 2.29 bits per heavy atom. The molecule has 0 spiro atoms. The minimum absolute atomic E-state index is 0.0842. The first-order valence-corrected chi connectivity index (χ1v) is 10.2. The van der Waals surface area contributed by atoms with Crippen molar-refractivity contribution in [1.29, 1.82) is 0 Å². The van der Waals surface area contributed by atoms with Crippen LogP contribution in [0.15, 0.2) is 28.4 Å². The van der Waals surface area contributed by atoms with Gasteiger partial charge in [0.25, 0.3) is 0 Å². The molecular weight excluding hydrogens is 352 g/mol. The lowest BCUT2D eigenvalue weighted by Gasteiger charge is -2.22. The fourth-order valence-electron chi connectivity index (χ4n) is 2.51. The molecule has 0 bridgehead atoms. The fraction of sp³-hybridized carbons (Fsp3) is 0.467. The third kappa shape index (κ3) is 4.65. The van der Waals surface area contributed by atoms with Crippen molar-refractivity contribution in [1.82, 2.24) is 9.71 Å². The molecule has 3 rings (SSSR count). The van der Waals surface area contributed by atoms with Crippen LogP contribution >= 0.6 is 11.3 Å². The number of carbonyl (C=O) groups excluding carboxylic acids is 1. The SMILES string of the molecule is O=C(Cc1csc(-c2ccoc2)n1)NS(=O)(=O)CC1CCCCO1. The molecule has 9 heteroatoms. The maximum atomic E-state index is 12.0. The van der Waals surface area contributed by atoms with Crippen molar-refractivity contribution in [3.05, 3.63) is 29.7 Å². The summed E-state index contributed by atoms with van der Waals surface area (Å²) in [5, 5.41) is 2.46. The Morgan fingerprint density at radius 3 is 3.00 bits per heavy atom. The van der Waals surface area contributed by atoms with Crippen LogP contribution in [-0.2, 0) is 26.0 Å². The highest BCUT2D eigenvalue weighted by atomic mass is 32.2. The van der Waals surface area contributed by atoms with Crippen LogP contribution in [0.2, 0.25) is 0 Å². The molecule has 1 unspecified atom stereocenters. The second kappa shape index (κ2) is 7.45. The van der Waals surface area contributed by atoms with Gasteiger partial charge in [-0.15, -0.1) is 11.3 Å². The van der Waals surface area contributed by atoms with Crippen molar-refractivity contribution in [3.63, 3.8) is 0 Å². The number of hydrogen-bond donors (Lipinski definition) is 1. The van der Waals surface area contributed by atoms with E-state index in [1.165, 1.54) is 11.3 Å². The molecule has 1 aliphatic rings. The second-order valence-electron chi connectivity index (χ2n) is 5.63. The van der Waals surface area contributed by atoms with E-state index < -0.39 is 15.9 Å². The zero-order valence-electron chi connectivity index (χ0n) is 12.9. The van der Waals surface area contributed by atoms with Crippen molar-refractivity contribution in [2.75, 3.05) is 12.4 Å². The second-order valence-corrected chi connectivity index (χ2v) is 8.25. The van der Waals surface area contributed by atoms with Crippen LogP contribution in [0.25, 0.3) is 10.6 Å². The fourth-order valence-corrected chi connectivity index (χ4v) is 4.57. The molecule has 1 saturated heterocycles. The molecule has 1 fully saturated rings. The summed E-state index contributed by atoms with van der Waals surface area (Å²) in [6.07, 6.45) is 5.29. The molecule has 7 nitrogen and oxygen atoms in total. The van der Waals surface area contributed by atoms with Crippen LogP contribution in [0, 0.1) is 0 Å². The number of nitrogens with zero attached hydrogens (tertiary/aromatic N) is 1. The Hall–Kier alpha value is -1.71. The van der Waals surface area contributed by atoms with Gasteiger partial charge in [0, 0.05) is 17.6 Å². The molecule has 1 amide bonds. The van der Waals surface area contributed by atoms with Gasteiger partial charge in [0.05, 0.1) is 30.2 Å². The van der Waals surface area contributed by atoms with Gasteiger partial charge < -0.3 is 9.15 Å². The maximum absolute atomic E-state index is 12.0. The van der Waals surface area contributed by atoms with Gasteiger partial charge in [0.1, 0.15) is 11.3 Å². The summed E-state index contributed by atoms with van der Waals surface area (Å²) in [5.74, 6) is -0.773. The van der Waals surface area contributed by atoms with Crippen molar-refractivity contribution in [3.8, 4) is 10.6 Å². The first-order chi connectivity index (χ1) is 11.5. The van der Waals surface area contributed by atoms with Crippen LogP contribution in [-0.4, -0.2) is 37.8 Å². The molecule has 24 heavy (non-hydrogen) atoms. The molecule has 1 N–H and O–H groups in total. The molecule has 0 saturated carbocycles. The molecule has 0 aliphatic carbocycles. The number of sulfonamides is 1. The highest BCUT2D eigenvalue weighted by Gasteiger charge is 2.24. The number of rotatable bonds is 6. The average molecular weight is 370 g/mol. The normalized spacial score (nSPS) is 18.4. The molecule has 2 aromatic rings. The van der Waals surface area contributed by atoms with Crippen LogP contribution < -0.4 is 4.72 Å². The molecule has 0 aromatic carbocycles. The monoisotopic (exact) mass is 370 g/mol. The molecule has 130 valence electrons. The van der Waals surface area contributed by atoms with Crippen LogP contribution in [0.1, 0.15) is 25.0 Å². The zero-order valence-corrected chi connectivity index (χ0v) is 14.6. The lowest BCUT2D eigenvalue weighted by molar-refractivity contribution is -0.118. The number of aromatic nitrogens is 1. The van der Waals surface area contributed by atoms with Crippen molar-refractivity contribution in [2.24, 2.45) is 0 Å². The largest absolute Gasteiger partial charge is 0.472 e. The van der Waals surface area contributed by atoms with Crippen molar-refractivity contribution >= 4 is 27.3 Å². The van der Waals surface area contributed by atoms with Gasteiger partial charge in [-0.25, -0.2) is 13.4 Å². The number of furan rings is 1. The predicted molar refractivity (Wildman–Crippen MR) is 89.0 cm³/mol. The third-order valence-corrected chi connectivity index (χ3v) is 5.90. The molecule has 0 radical (unpaired) electrons. The van der Waals surface area contributed by atoms with Gasteiger partial charge in [0.15, 0.2) is 0 Å². The smallest absolute Gasteiger partial charge is 0.239 e. The van der Waals surface area contributed by atoms with E-state index in [-0.39, 0.29) is 18.3 Å². The average Bonchev–Trinajstić information content (AvgIpc) is 3.17. The highest BCUT2D eigenvalue weighted by molar-refractivity contribution is 7.90. The van der Waals surface area contributed by atoms with Crippen LogP contribution in [0.5, 0.6) is 0 Å².